The highest BCUT2D eigenvalue weighted by Gasteiger charge is 2.31. The highest BCUT2D eigenvalue weighted by Crippen LogP contribution is 2.23. The van der Waals surface area contributed by atoms with Crippen LogP contribution in [-0.2, 0) is 14.8 Å². The number of amides is 1. The minimum Gasteiger partial charge on any atom is -0.349 e. The number of hydrogen-bond donors (Lipinski definition) is 1. The van der Waals surface area contributed by atoms with Gasteiger partial charge in [-0.1, -0.05) is 31.2 Å². The van der Waals surface area contributed by atoms with E-state index in [2.05, 4.69) is 5.32 Å². The standard InChI is InChI=1S/C17H26N2O3S/c1-4-16(15-10-6-5-8-13(15)2)18-17(20)14-9-7-11-19(12-14)23(3,21)22/h5-6,8,10,14,16H,4,7,9,11-12H2,1-3H3,(H,18,20)/t14-,16-/m0/s1. The second kappa shape index (κ2) is 7.45. The third-order valence-corrected chi connectivity index (χ3v) is 5.78. The van der Waals surface area contributed by atoms with Crippen LogP contribution in [0.4, 0.5) is 0 Å². The van der Waals surface area contributed by atoms with E-state index in [1.165, 1.54) is 10.6 Å². The molecule has 23 heavy (non-hydrogen) atoms. The predicted molar refractivity (Wildman–Crippen MR) is 91.5 cm³/mol. The van der Waals surface area contributed by atoms with Gasteiger partial charge in [0, 0.05) is 13.1 Å². The first kappa shape index (κ1) is 17.9. The molecule has 1 aliphatic heterocycles. The molecule has 2 atom stereocenters. The van der Waals surface area contributed by atoms with Gasteiger partial charge in [0.2, 0.25) is 15.9 Å². The first-order valence-electron chi connectivity index (χ1n) is 8.14. The van der Waals surface area contributed by atoms with Crippen LogP contribution in [0.25, 0.3) is 0 Å². The van der Waals surface area contributed by atoms with Crippen molar-refractivity contribution in [3.05, 3.63) is 35.4 Å². The number of hydrogen-bond acceptors (Lipinski definition) is 3. The summed E-state index contributed by atoms with van der Waals surface area (Å²) in [5, 5.41) is 3.11. The van der Waals surface area contributed by atoms with Crippen LogP contribution in [0.3, 0.4) is 0 Å². The molecule has 1 aliphatic rings. The van der Waals surface area contributed by atoms with Gasteiger partial charge in [0.15, 0.2) is 0 Å². The van der Waals surface area contributed by atoms with Gasteiger partial charge >= 0.3 is 0 Å². The normalized spacial score (nSPS) is 20.9. The number of piperidine rings is 1. The maximum Gasteiger partial charge on any atom is 0.224 e. The van der Waals surface area contributed by atoms with Crippen LogP contribution in [0.2, 0.25) is 0 Å². The molecule has 1 aromatic rings. The molecule has 1 aromatic carbocycles. The Morgan fingerprint density at radius 1 is 1.39 bits per heavy atom. The summed E-state index contributed by atoms with van der Waals surface area (Å²) in [6.07, 6.45) is 3.48. The second-order valence-corrected chi connectivity index (χ2v) is 8.27. The minimum absolute atomic E-state index is 0.0303. The summed E-state index contributed by atoms with van der Waals surface area (Å²) in [5.74, 6) is -0.315. The lowest BCUT2D eigenvalue weighted by Gasteiger charge is -2.31. The molecular weight excluding hydrogens is 312 g/mol. The monoisotopic (exact) mass is 338 g/mol. The topological polar surface area (TPSA) is 66.5 Å². The summed E-state index contributed by atoms with van der Waals surface area (Å²) in [6, 6.07) is 8.00. The van der Waals surface area contributed by atoms with Gasteiger partial charge in [0.05, 0.1) is 18.2 Å². The molecule has 0 saturated carbocycles. The van der Waals surface area contributed by atoms with Crippen molar-refractivity contribution in [1.29, 1.82) is 0 Å². The van der Waals surface area contributed by atoms with E-state index in [4.69, 9.17) is 0 Å². The Bertz CT molecular complexity index is 658. The molecule has 6 heteroatoms. The fourth-order valence-corrected chi connectivity index (χ4v) is 4.04. The van der Waals surface area contributed by atoms with Gasteiger partial charge < -0.3 is 5.32 Å². The van der Waals surface area contributed by atoms with Crippen molar-refractivity contribution >= 4 is 15.9 Å². The number of benzene rings is 1. The molecule has 1 saturated heterocycles. The van der Waals surface area contributed by atoms with Gasteiger partial charge in [-0.15, -0.1) is 0 Å². The number of rotatable bonds is 5. The SMILES string of the molecule is CC[C@H](NC(=O)[C@H]1CCCN(S(C)(=O)=O)C1)c1ccccc1C. The van der Waals surface area contributed by atoms with Gasteiger partial charge in [-0.05, 0) is 37.3 Å². The van der Waals surface area contributed by atoms with Crippen LogP contribution < -0.4 is 5.32 Å². The Kier molecular flexibility index (Phi) is 5.81. The Morgan fingerprint density at radius 2 is 2.09 bits per heavy atom. The molecule has 0 unspecified atom stereocenters. The largest absolute Gasteiger partial charge is 0.349 e. The average molecular weight is 338 g/mol. The molecule has 5 nitrogen and oxygen atoms in total. The molecule has 0 aliphatic carbocycles. The van der Waals surface area contributed by atoms with Crippen LogP contribution in [0.1, 0.15) is 43.4 Å². The molecular formula is C17H26N2O3S. The summed E-state index contributed by atoms with van der Waals surface area (Å²) in [4.78, 5) is 12.6. The van der Waals surface area contributed by atoms with Gasteiger partial charge in [0.25, 0.3) is 0 Å². The lowest BCUT2D eigenvalue weighted by molar-refractivity contribution is -0.126. The van der Waals surface area contributed by atoms with E-state index < -0.39 is 10.0 Å². The fourth-order valence-electron chi connectivity index (χ4n) is 3.12. The maximum absolute atomic E-state index is 12.6. The van der Waals surface area contributed by atoms with Crippen LogP contribution in [0.15, 0.2) is 24.3 Å². The highest BCUT2D eigenvalue weighted by atomic mass is 32.2. The molecule has 1 fully saturated rings. The smallest absolute Gasteiger partial charge is 0.224 e. The van der Waals surface area contributed by atoms with Gasteiger partial charge in [-0.3, -0.25) is 4.79 Å². The van der Waals surface area contributed by atoms with Gasteiger partial charge in [-0.25, -0.2) is 12.7 Å². The number of aryl methyl sites for hydroxylation is 1. The zero-order valence-corrected chi connectivity index (χ0v) is 14.9. The zero-order chi connectivity index (χ0) is 17.0. The Labute approximate surface area is 139 Å². The van der Waals surface area contributed by atoms with E-state index in [0.29, 0.717) is 6.54 Å². The Balaban J connectivity index is 2.07. The van der Waals surface area contributed by atoms with Crippen molar-refractivity contribution in [3.63, 3.8) is 0 Å². The molecule has 1 heterocycles. The number of nitrogens with zero attached hydrogens (tertiary/aromatic N) is 1. The summed E-state index contributed by atoms with van der Waals surface area (Å²) >= 11 is 0. The summed E-state index contributed by atoms with van der Waals surface area (Å²) < 4.78 is 24.8. The van der Waals surface area contributed by atoms with Crippen LogP contribution in [0, 0.1) is 12.8 Å². The summed E-state index contributed by atoms with van der Waals surface area (Å²) in [5.41, 5.74) is 2.28. The number of carbonyl (C=O) groups is 1. The van der Waals surface area contributed by atoms with Crippen LogP contribution in [0.5, 0.6) is 0 Å². The van der Waals surface area contributed by atoms with E-state index in [1.807, 2.05) is 38.1 Å². The van der Waals surface area contributed by atoms with Crippen molar-refractivity contribution in [2.75, 3.05) is 19.3 Å². The van der Waals surface area contributed by atoms with Crippen LogP contribution in [-0.4, -0.2) is 38.0 Å². The fraction of sp³-hybridized carbons (Fsp3) is 0.588. The third kappa shape index (κ3) is 4.54. The third-order valence-electron chi connectivity index (χ3n) is 4.51. The first-order valence-corrected chi connectivity index (χ1v) is 9.98. The van der Waals surface area contributed by atoms with Crippen molar-refractivity contribution in [2.24, 2.45) is 5.92 Å². The van der Waals surface area contributed by atoms with E-state index in [1.54, 1.807) is 0 Å². The van der Waals surface area contributed by atoms with E-state index in [9.17, 15) is 13.2 Å². The number of carbonyl (C=O) groups excluding carboxylic acids is 1. The Morgan fingerprint density at radius 3 is 2.70 bits per heavy atom. The molecule has 0 bridgehead atoms. The summed E-state index contributed by atoms with van der Waals surface area (Å²) in [7, 11) is -3.23. The predicted octanol–water partition coefficient (Wildman–Crippen LogP) is 2.23. The lowest BCUT2D eigenvalue weighted by Crippen LogP contribution is -2.45. The highest BCUT2D eigenvalue weighted by molar-refractivity contribution is 7.88. The quantitative estimate of drug-likeness (QED) is 0.895. The van der Waals surface area contributed by atoms with Gasteiger partial charge in [-0.2, -0.15) is 0 Å². The van der Waals surface area contributed by atoms with Crippen LogP contribution >= 0.6 is 0 Å². The second-order valence-electron chi connectivity index (χ2n) is 6.29. The van der Waals surface area contributed by atoms with E-state index in [-0.39, 0.29) is 24.4 Å². The molecule has 0 aromatic heterocycles. The van der Waals surface area contributed by atoms with E-state index >= 15 is 0 Å². The molecule has 2 rings (SSSR count). The molecule has 0 spiro atoms. The zero-order valence-electron chi connectivity index (χ0n) is 14.1. The number of nitrogens with one attached hydrogen (secondary N) is 1. The Hall–Kier alpha value is -1.40. The average Bonchev–Trinajstić information content (AvgIpc) is 2.52. The lowest BCUT2D eigenvalue weighted by atomic mass is 9.95. The maximum atomic E-state index is 12.6. The van der Waals surface area contributed by atoms with Crippen molar-refractivity contribution in [1.82, 2.24) is 9.62 Å². The molecule has 1 N–H and O–H groups in total. The van der Waals surface area contributed by atoms with Crippen molar-refractivity contribution in [2.45, 2.75) is 39.2 Å². The molecule has 128 valence electrons. The van der Waals surface area contributed by atoms with Crippen molar-refractivity contribution < 1.29 is 13.2 Å². The first-order chi connectivity index (χ1) is 10.8. The number of sulfonamides is 1. The van der Waals surface area contributed by atoms with Crippen molar-refractivity contribution in [3.8, 4) is 0 Å². The minimum atomic E-state index is -3.23. The summed E-state index contributed by atoms with van der Waals surface area (Å²) in [6.45, 7) is 4.88. The van der Waals surface area contributed by atoms with Gasteiger partial charge in [0.1, 0.15) is 0 Å². The van der Waals surface area contributed by atoms with E-state index in [0.717, 1.165) is 30.4 Å². The molecule has 1 amide bonds. The molecule has 0 radical (unpaired) electrons.